The molecular formula is C41H75N5O13S. The van der Waals surface area contributed by atoms with Crippen molar-refractivity contribution in [3.05, 3.63) is 0 Å². The van der Waals surface area contributed by atoms with Gasteiger partial charge in [0.15, 0.2) is 0 Å². The molecule has 0 bridgehead atoms. The molecular weight excluding hydrogens is 803 g/mol. The van der Waals surface area contributed by atoms with Gasteiger partial charge < -0.3 is 56.2 Å². The Morgan fingerprint density at radius 1 is 0.467 bits per heavy atom. The summed E-state index contributed by atoms with van der Waals surface area (Å²) < 4.78 is 21.3. The Balaban J connectivity index is 3.65. The van der Waals surface area contributed by atoms with E-state index in [1.54, 1.807) is 0 Å². The molecule has 0 fully saturated rings. The zero-order chi connectivity index (χ0) is 44.5. The summed E-state index contributed by atoms with van der Waals surface area (Å²) in [4.78, 5) is 81.2. The van der Waals surface area contributed by atoms with Gasteiger partial charge in [-0.05, 0) is 38.5 Å². The first-order valence-corrected chi connectivity index (χ1v) is 22.2. The van der Waals surface area contributed by atoms with Crippen LogP contribution in [-0.2, 0) is 52.5 Å². The van der Waals surface area contributed by atoms with E-state index in [1.165, 1.54) is 44.9 Å². The highest BCUT2D eigenvalue weighted by Gasteiger charge is 2.21. The lowest BCUT2D eigenvalue weighted by Crippen LogP contribution is -2.41. The Hall–Kier alpha value is -3.36. The van der Waals surface area contributed by atoms with Gasteiger partial charge in [0.05, 0.1) is 45.7 Å². The average Bonchev–Trinajstić information content (AvgIpc) is 3.20. The van der Waals surface area contributed by atoms with Gasteiger partial charge in [-0.1, -0.05) is 77.0 Å². The number of aliphatic carboxylic acids is 2. The molecule has 0 spiro atoms. The third kappa shape index (κ3) is 40.1. The van der Waals surface area contributed by atoms with Crippen LogP contribution in [0.15, 0.2) is 0 Å². The molecule has 0 saturated carbocycles. The van der Waals surface area contributed by atoms with Crippen molar-refractivity contribution < 1.29 is 62.7 Å². The first-order chi connectivity index (χ1) is 28.9. The first kappa shape index (κ1) is 56.6. The number of carboxylic acid groups (broad SMARTS) is 2. The first-order valence-electron chi connectivity index (χ1n) is 21.8. The second kappa shape index (κ2) is 41.0. The van der Waals surface area contributed by atoms with E-state index in [9.17, 15) is 38.7 Å². The van der Waals surface area contributed by atoms with Gasteiger partial charge >= 0.3 is 11.9 Å². The van der Waals surface area contributed by atoms with Crippen LogP contribution < -0.4 is 27.0 Å². The number of carboxylic acids is 2. The van der Waals surface area contributed by atoms with Gasteiger partial charge in [0.2, 0.25) is 28.7 Å². The Labute approximate surface area is 361 Å². The highest BCUT2D eigenvalue weighted by atomic mass is 32.1. The van der Waals surface area contributed by atoms with Crippen LogP contribution in [-0.4, -0.2) is 135 Å². The summed E-state index contributed by atoms with van der Waals surface area (Å²) in [7, 11) is 0. The Kier molecular flexibility index (Phi) is 38.7. The molecule has 0 rings (SSSR count). The van der Waals surface area contributed by atoms with Gasteiger partial charge in [0, 0.05) is 38.9 Å². The van der Waals surface area contributed by atoms with Crippen molar-refractivity contribution in [1.29, 1.82) is 0 Å². The number of nitrogens with two attached hydrogens (primary N) is 1. The molecule has 0 aromatic heterocycles. The Bertz CT molecular complexity index is 1180. The highest BCUT2D eigenvalue weighted by molar-refractivity contribution is 7.96. The topological polar surface area (TPSA) is 271 Å². The lowest BCUT2D eigenvalue weighted by Gasteiger charge is -2.14. The molecule has 2 unspecified atom stereocenters. The molecule has 0 heterocycles. The Morgan fingerprint density at radius 3 is 1.37 bits per heavy atom. The van der Waals surface area contributed by atoms with E-state index in [2.05, 4.69) is 33.9 Å². The minimum absolute atomic E-state index is 0.0285. The number of amides is 4. The maximum absolute atomic E-state index is 12.3. The normalized spacial score (nSPS) is 12.0. The smallest absolute Gasteiger partial charge is 0.326 e. The fraction of sp³-hybridized carbons (Fsp3) is 0.829. The molecule has 0 aliphatic rings. The van der Waals surface area contributed by atoms with Crippen molar-refractivity contribution in [2.75, 3.05) is 72.5 Å². The van der Waals surface area contributed by atoms with Gasteiger partial charge in [-0.25, -0.2) is 4.79 Å². The van der Waals surface area contributed by atoms with Crippen LogP contribution in [0.3, 0.4) is 0 Å². The van der Waals surface area contributed by atoms with E-state index >= 15 is 0 Å². The molecule has 0 aliphatic heterocycles. The number of carbonyl (C=O) groups excluding carboxylic acids is 5. The van der Waals surface area contributed by atoms with E-state index in [4.69, 9.17) is 29.8 Å². The summed E-state index contributed by atoms with van der Waals surface area (Å²) in [5, 5.41) is 28.3. The molecule has 0 aromatic carbocycles. The SMILES string of the molecule is NC(CCCCNC(=O)COCCOCCNC(=O)COCCOCCNC(=O)CCC(NC(=O)CCCCCCCCCCCCCCCCC(=O)O)C(=O)O)C(=O)S. The number of nitrogens with one attached hydrogen (secondary N) is 4. The molecule has 60 heavy (non-hydrogen) atoms. The number of ether oxygens (including phenoxy) is 4. The summed E-state index contributed by atoms with van der Waals surface area (Å²) in [6, 6.07) is -1.73. The van der Waals surface area contributed by atoms with Crippen molar-refractivity contribution in [2.24, 2.45) is 5.73 Å². The molecule has 19 heteroatoms. The fourth-order valence-electron chi connectivity index (χ4n) is 5.81. The molecule has 348 valence electrons. The number of unbranched alkanes of at least 4 members (excludes halogenated alkanes) is 14. The van der Waals surface area contributed by atoms with E-state index in [1.807, 2.05) is 0 Å². The number of carbonyl (C=O) groups is 7. The summed E-state index contributed by atoms with van der Waals surface area (Å²) in [5.41, 5.74) is 5.59. The fourth-order valence-corrected chi connectivity index (χ4v) is 5.94. The minimum Gasteiger partial charge on any atom is -0.481 e. The van der Waals surface area contributed by atoms with Crippen molar-refractivity contribution in [1.82, 2.24) is 21.3 Å². The highest BCUT2D eigenvalue weighted by Crippen LogP contribution is 2.14. The second-order valence-electron chi connectivity index (χ2n) is 14.7. The van der Waals surface area contributed by atoms with Crippen LogP contribution in [0.2, 0.25) is 0 Å². The van der Waals surface area contributed by atoms with Crippen LogP contribution in [0.4, 0.5) is 0 Å². The molecule has 18 nitrogen and oxygen atoms in total. The number of thiol groups is 1. The maximum atomic E-state index is 12.3. The summed E-state index contributed by atoms with van der Waals surface area (Å²) in [6.45, 7) is 1.95. The van der Waals surface area contributed by atoms with Crippen LogP contribution in [0.25, 0.3) is 0 Å². The molecule has 0 saturated heterocycles. The van der Waals surface area contributed by atoms with Gasteiger partial charge in [-0.3, -0.25) is 28.8 Å². The van der Waals surface area contributed by atoms with Gasteiger partial charge in [-0.2, -0.15) is 0 Å². The summed E-state index contributed by atoms with van der Waals surface area (Å²) in [6.07, 6.45) is 17.4. The predicted octanol–water partition coefficient (Wildman–Crippen LogP) is 3.03. The molecule has 0 aromatic rings. The van der Waals surface area contributed by atoms with Crippen molar-refractivity contribution in [2.45, 2.75) is 147 Å². The molecule has 8 N–H and O–H groups in total. The van der Waals surface area contributed by atoms with Crippen LogP contribution >= 0.6 is 12.6 Å². The summed E-state index contributed by atoms with van der Waals surface area (Å²) >= 11 is 3.68. The van der Waals surface area contributed by atoms with E-state index in [0.29, 0.717) is 32.2 Å². The summed E-state index contributed by atoms with van der Waals surface area (Å²) in [5.74, 6) is -3.17. The second-order valence-corrected chi connectivity index (χ2v) is 15.1. The Morgan fingerprint density at radius 2 is 0.900 bits per heavy atom. The quantitative estimate of drug-likeness (QED) is 0.0323. The standard InChI is InChI=1S/C41H75N5O13S/c42-33(41(55)60)17-15-16-22-43-37(49)31-58-29-28-57-26-24-45-38(50)32-59-30-27-56-25-23-44-35(47)21-20-34(40(53)54)46-36(48)18-13-11-9-7-5-3-1-2-4-6-8-10-12-14-19-39(51)52/h33-34H,1-32,42H2,(H,43,49)(H,44,47)(H,45,50)(H,46,48)(H,51,52)(H,53,54)(H,55,60). The number of hydrogen-bond acceptors (Lipinski definition) is 12. The van der Waals surface area contributed by atoms with Crippen molar-refractivity contribution >= 4 is 53.3 Å². The third-order valence-corrected chi connectivity index (χ3v) is 9.60. The van der Waals surface area contributed by atoms with E-state index in [-0.39, 0.29) is 120 Å². The molecule has 0 aliphatic carbocycles. The van der Waals surface area contributed by atoms with E-state index < -0.39 is 24.0 Å². The van der Waals surface area contributed by atoms with Crippen LogP contribution in [0.1, 0.15) is 135 Å². The lowest BCUT2D eigenvalue weighted by atomic mass is 10.0. The zero-order valence-corrected chi connectivity index (χ0v) is 36.6. The van der Waals surface area contributed by atoms with Crippen molar-refractivity contribution in [3.63, 3.8) is 0 Å². The maximum Gasteiger partial charge on any atom is 0.326 e. The van der Waals surface area contributed by atoms with Crippen molar-refractivity contribution in [3.8, 4) is 0 Å². The van der Waals surface area contributed by atoms with Crippen LogP contribution in [0, 0.1) is 0 Å². The number of rotatable bonds is 44. The molecule has 0 radical (unpaired) electrons. The number of hydrogen-bond donors (Lipinski definition) is 8. The van der Waals surface area contributed by atoms with Gasteiger partial charge in [0.25, 0.3) is 0 Å². The minimum atomic E-state index is -1.19. The van der Waals surface area contributed by atoms with Gasteiger partial charge in [0.1, 0.15) is 19.3 Å². The average molecular weight is 878 g/mol. The molecule has 2 atom stereocenters. The monoisotopic (exact) mass is 878 g/mol. The largest absolute Gasteiger partial charge is 0.481 e. The van der Waals surface area contributed by atoms with E-state index in [0.717, 1.165) is 38.5 Å². The lowest BCUT2D eigenvalue weighted by molar-refractivity contribution is -0.142. The zero-order valence-electron chi connectivity index (χ0n) is 35.7. The third-order valence-electron chi connectivity index (χ3n) is 9.27. The van der Waals surface area contributed by atoms with Gasteiger partial charge in [-0.15, -0.1) is 12.6 Å². The molecule has 4 amide bonds. The van der Waals surface area contributed by atoms with Crippen LogP contribution in [0.5, 0.6) is 0 Å². The predicted molar refractivity (Wildman–Crippen MR) is 228 cm³/mol.